The molecule has 88 valence electrons. The number of nitrogens with two attached hydrogens (primary N) is 1. The molecule has 0 radical (unpaired) electrons. The summed E-state index contributed by atoms with van der Waals surface area (Å²) in [6.45, 7) is 3.91. The van der Waals surface area contributed by atoms with Crippen molar-refractivity contribution in [3.05, 3.63) is 42.0 Å². The third-order valence-corrected chi connectivity index (χ3v) is 2.09. The van der Waals surface area contributed by atoms with E-state index in [0.717, 1.165) is 6.42 Å². The molecular weight excluding hydrogens is 212 g/mol. The monoisotopic (exact) mass is 227 g/mol. The molecule has 0 bridgehead atoms. The number of rotatable bonds is 6. The Labute approximate surface area is 93.7 Å². The second-order valence-corrected chi connectivity index (χ2v) is 3.37. The van der Waals surface area contributed by atoms with Crippen LogP contribution in [-0.4, -0.2) is 6.61 Å². The SMILES string of the molecule is C=CCCCOc1c(F)cc(CN)cc1F. The highest BCUT2D eigenvalue weighted by Crippen LogP contribution is 2.23. The van der Waals surface area contributed by atoms with Crippen molar-refractivity contribution in [2.45, 2.75) is 19.4 Å². The Morgan fingerprint density at radius 1 is 1.31 bits per heavy atom. The van der Waals surface area contributed by atoms with Crippen molar-refractivity contribution < 1.29 is 13.5 Å². The Hall–Kier alpha value is -1.42. The van der Waals surface area contributed by atoms with Crippen LogP contribution in [0.15, 0.2) is 24.8 Å². The number of ether oxygens (including phenoxy) is 1. The van der Waals surface area contributed by atoms with E-state index in [1.807, 2.05) is 0 Å². The summed E-state index contributed by atoms with van der Waals surface area (Å²) in [5, 5.41) is 0. The van der Waals surface area contributed by atoms with E-state index in [1.54, 1.807) is 6.08 Å². The molecule has 2 N–H and O–H groups in total. The fourth-order valence-corrected chi connectivity index (χ4v) is 1.27. The van der Waals surface area contributed by atoms with Gasteiger partial charge in [-0.15, -0.1) is 6.58 Å². The highest BCUT2D eigenvalue weighted by atomic mass is 19.1. The summed E-state index contributed by atoms with van der Waals surface area (Å²) in [5.41, 5.74) is 5.70. The molecule has 2 nitrogen and oxygen atoms in total. The highest BCUT2D eigenvalue weighted by Gasteiger charge is 2.11. The molecule has 4 heteroatoms. The Balaban J connectivity index is 2.68. The number of unbranched alkanes of at least 4 members (excludes halogenated alkanes) is 1. The number of hydrogen-bond acceptors (Lipinski definition) is 2. The van der Waals surface area contributed by atoms with Crippen LogP contribution in [0.2, 0.25) is 0 Å². The second-order valence-electron chi connectivity index (χ2n) is 3.37. The smallest absolute Gasteiger partial charge is 0.190 e. The van der Waals surface area contributed by atoms with E-state index in [2.05, 4.69) is 6.58 Å². The molecule has 0 aliphatic rings. The first-order valence-electron chi connectivity index (χ1n) is 5.10. The first-order chi connectivity index (χ1) is 7.69. The van der Waals surface area contributed by atoms with Crippen LogP contribution in [0.3, 0.4) is 0 Å². The maximum atomic E-state index is 13.4. The largest absolute Gasteiger partial charge is 0.488 e. The molecule has 0 aliphatic heterocycles. The zero-order valence-electron chi connectivity index (χ0n) is 9.01. The molecule has 0 saturated carbocycles. The van der Waals surface area contributed by atoms with Gasteiger partial charge in [0.25, 0.3) is 0 Å². The van der Waals surface area contributed by atoms with Crippen LogP contribution >= 0.6 is 0 Å². The zero-order chi connectivity index (χ0) is 12.0. The first-order valence-corrected chi connectivity index (χ1v) is 5.10. The number of halogens is 2. The van der Waals surface area contributed by atoms with Crippen molar-refractivity contribution in [2.24, 2.45) is 5.73 Å². The van der Waals surface area contributed by atoms with Crippen LogP contribution in [0.4, 0.5) is 8.78 Å². The average molecular weight is 227 g/mol. The van der Waals surface area contributed by atoms with E-state index in [0.29, 0.717) is 12.0 Å². The predicted molar refractivity (Wildman–Crippen MR) is 59.2 cm³/mol. The van der Waals surface area contributed by atoms with Crippen molar-refractivity contribution in [3.8, 4) is 5.75 Å². The molecule has 0 unspecified atom stereocenters. The highest BCUT2D eigenvalue weighted by molar-refractivity contribution is 5.31. The molecule has 0 fully saturated rings. The molecule has 0 spiro atoms. The minimum absolute atomic E-state index is 0.102. The minimum atomic E-state index is -0.709. The van der Waals surface area contributed by atoms with Crippen LogP contribution in [0.25, 0.3) is 0 Å². The number of allylic oxidation sites excluding steroid dienone is 1. The fraction of sp³-hybridized carbons (Fsp3) is 0.333. The molecule has 0 heterocycles. The van der Waals surface area contributed by atoms with Crippen molar-refractivity contribution in [1.82, 2.24) is 0 Å². The summed E-state index contributed by atoms with van der Waals surface area (Å²) in [6.07, 6.45) is 3.17. The molecule has 1 aromatic rings. The van der Waals surface area contributed by atoms with E-state index in [1.165, 1.54) is 12.1 Å². The third kappa shape index (κ3) is 3.31. The molecule has 0 aromatic heterocycles. The summed E-state index contributed by atoms with van der Waals surface area (Å²) < 4.78 is 31.8. The molecule has 0 amide bonds. The van der Waals surface area contributed by atoms with Crippen LogP contribution in [-0.2, 0) is 6.54 Å². The molecule has 0 aliphatic carbocycles. The summed E-state index contributed by atoms with van der Waals surface area (Å²) in [7, 11) is 0. The maximum absolute atomic E-state index is 13.4. The van der Waals surface area contributed by atoms with Gasteiger partial charge in [0, 0.05) is 6.54 Å². The topological polar surface area (TPSA) is 35.2 Å². The van der Waals surface area contributed by atoms with Crippen LogP contribution < -0.4 is 10.5 Å². The molecule has 16 heavy (non-hydrogen) atoms. The van der Waals surface area contributed by atoms with Gasteiger partial charge in [-0.2, -0.15) is 0 Å². The molecular formula is C12H15F2NO. The summed E-state index contributed by atoms with van der Waals surface area (Å²) in [5.74, 6) is -1.75. The minimum Gasteiger partial charge on any atom is -0.488 e. The Morgan fingerprint density at radius 3 is 2.44 bits per heavy atom. The summed E-state index contributed by atoms with van der Waals surface area (Å²) >= 11 is 0. The zero-order valence-corrected chi connectivity index (χ0v) is 9.01. The van der Waals surface area contributed by atoms with E-state index in [-0.39, 0.29) is 18.9 Å². The molecule has 0 saturated heterocycles. The van der Waals surface area contributed by atoms with Gasteiger partial charge in [0.05, 0.1) is 6.61 Å². The summed E-state index contributed by atoms with van der Waals surface area (Å²) in [4.78, 5) is 0. The van der Waals surface area contributed by atoms with Gasteiger partial charge in [-0.25, -0.2) is 8.78 Å². The van der Waals surface area contributed by atoms with E-state index in [4.69, 9.17) is 10.5 Å². The number of hydrogen-bond donors (Lipinski definition) is 1. The van der Waals surface area contributed by atoms with E-state index >= 15 is 0 Å². The van der Waals surface area contributed by atoms with Crippen LogP contribution in [0.5, 0.6) is 5.75 Å². The Morgan fingerprint density at radius 2 is 1.94 bits per heavy atom. The average Bonchev–Trinajstić information content (AvgIpc) is 2.26. The lowest BCUT2D eigenvalue weighted by Crippen LogP contribution is -2.04. The van der Waals surface area contributed by atoms with Gasteiger partial charge in [-0.1, -0.05) is 6.08 Å². The lowest BCUT2D eigenvalue weighted by atomic mass is 10.2. The second kappa shape index (κ2) is 6.23. The van der Waals surface area contributed by atoms with Gasteiger partial charge in [0.2, 0.25) is 0 Å². The van der Waals surface area contributed by atoms with Crippen molar-refractivity contribution in [3.63, 3.8) is 0 Å². The van der Waals surface area contributed by atoms with Gasteiger partial charge < -0.3 is 10.5 Å². The van der Waals surface area contributed by atoms with Gasteiger partial charge >= 0.3 is 0 Å². The van der Waals surface area contributed by atoms with Gasteiger partial charge in [-0.05, 0) is 30.5 Å². The molecule has 0 atom stereocenters. The maximum Gasteiger partial charge on any atom is 0.190 e. The fourth-order valence-electron chi connectivity index (χ4n) is 1.27. The Bertz CT molecular complexity index is 343. The molecule has 1 rings (SSSR count). The Kier molecular flexibility index (Phi) is 4.92. The van der Waals surface area contributed by atoms with Gasteiger partial charge in [0.1, 0.15) is 0 Å². The van der Waals surface area contributed by atoms with Gasteiger partial charge in [-0.3, -0.25) is 0 Å². The van der Waals surface area contributed by atoms with Crippen LogP contribution in [0, 0.1) is 11.6 Å². The van der Waals surface area contributed by atoms with Gasteiger partial charge in [0.15, 0.2) is 17.4 Å². The number of benzene rings is 1. The standard InChI is InChI=1S/C12H15F2NO/c1-2-3-4-5-16-12-10(13)6-9(8-15)7-11(12)14/h2,6-7H,1,3-5,8,15H2. The quantitative estimate of drug-likeness (QED) is 0.599. The lowest BCUT2D eigenvalue weighted by Gasteiger charge is -2.09. The van der Waals surface area contributed by atoms with Crippen molar-refractivity contribution in [1.29, 1.82) is 0 Å². The predicted octanol–water partition coefficient (Wildman–Crippen LogP) is 2.77. The summed E-state index contributed by atoms with van der Waals surface area (Å²) in [6, 6.07) is 2.37. The van der Waals surface area contributed by atoms with Crippen molar-refractivity contribution in [2.75, 3.05) is 6.61 Å². The normalized spacial score (nSPS) is 10.2. The molecule has 1 aromatic carbocycles. The van der Waals surface area contributed by atoms with Crippen LogP contribution in [0.1, 0.15) is 18.4 Å². The van der Waals surface area contributed by atoms with E-state index < -0.39 is 11.6 Å². The lowest BCUT2D eigenvalue weighted by molar-refractivity contribution is 0.280. The first kappa shape index (κ1) is 12.6. The third-order valence-electron chi connectivity index (χ3n) is 2.09. The van der Waals surface area contributed by atoms with Crippen molar-refractivity contribution >= 4 is 0 Å². The van der Waals surface area contributed by atoms with E-state index in [9.17, 15) is 8.78 Å².